The number of β-amino-alcohol motifs (C(OH)–C–C–N with tert-alkyl or cyclic N) is 1. The first-order valence-corrected chi connectivity index (χ1v) is 8.89. The molecule has 1 aliphatic heterocycles. The lowest BCUT2D eigenvalue weighted by Gasteiger charge is -2.33. The number of hydrogen-bond donors (Lipinski definition) is 1. The van der Waals surface area contributed by atoms with Gasteiger partial charge in [-0.15, -0.1) is 0 Å². The van der Waals surface area contributed by atoms with Crippen LogP contribution in [0.2, 0.25) is 0 Å². The molecule has 1 aliphatic rings. The number of aliphatic hydroxyl groups excluding tert-OH is 1. The zero-order chi connectivity index (χ0) is 16.9. The lowest BCUT2D eigenvalue weighted by molar-refractivity contribution is 0.128. The van der Waals surface area contributed by atoms with Crippen LogP contribution in [0.1, 0.15) is 24.4 Å². The van der Waals surface area contributed by atoms with Crippen LogP contribution in [0.3, 0.4) is 0 Å². The molecule has 0 spiro atoms. The Balaban J connectivity index is 1.56. The van der Waals surface area contributed by atoms with Crippen LogP contribution < -0.4 is 0 Å². The first kappa shape index (κ1) is 17.3. The second-order valence-electron chi connectivity index (χ2n) is 6.95. The predicted molar refractivity (Wildman–Crippen MR) is 96.9 cm³/mol. The van der Waals surface area contributed by atoms with Crippen LogP contribution in [-0.2, 0) is 6.54 Å². The molecule has 1 aromatic carbocycles. The van der Waals surface area contributed by atoms with Crippen molar-refractivity contribution in [3.8, 4) is 0 Å². The highest BCUT2D eigenvalue weighted by molar-refractivity contribution is 5.80. The van der Waals surface area contributed by atoms with Gasteiger partial charge in [-0.05, 0) is 51.9 Å². The molecular formula is C19H28N4O. The second-order valence-corrected chi connectivity index (χ2v) is 6.95. The van der Waals surface area contributed by atoms with Gasteiger partial charge in [0, 0.05) is 24.2 Å². The van der Waals surface area contributed by atoms with Gasteiger partial charge in [-0.3, -0.25) is 4.90 Å². The third kappa shape index (κ3) is 4.29. The van der Waals surface area contributed by atoms with E-state index in [4.69, 9.17) is 10.1 Å². The van der Waals surface area contributed by atoms with Crippen LogP contribution in [0.4, 0.5) is 0 Å². The number of benzene rings is 1. The van der Waals surface area contributed by atoms with E-state index in [2.05, 4.69) is 40.9 Å². The highest BCUT2D eigenvalue weighted by atomic mass is 16.3. The number of piperidine rings is 1. The predicted octanol–water partition coefficient (Wildman–Crippen LogP) is 2.07. The molecule has 1 aromatic heterocycles. The van der Waals surface area contributed by atoms with Gasteiger partial charge in [0.15, 0.2) is 0 Å². The van der Waals surface area contributed by atoms with Crippen LogP contribution in [0.15, 0.2) is 24.3 Å². The molecule has 130 valence electrons. The lowest BCUT2D eigenvalue weighted by Crippen LogP contribution is -2.39. The van der Waals surface area contributed by atoms with Crippen LogP contribution >= 0.6 is 0 Å². The van der Waals surface area contributed by atoms with Gasteiger partial charge in [-0.2, -0.15) is 0 Å². The molecule has 5 nitrogen and oxygen atoms in total. The molecule has 0 atom stereocenters. The largest absolute Gasteiger partial charge is 0.395 e. The summed E-state index contributed by atoms with van der Waals surface area (Å²) in [6.45, 7) is 7.22. The van der Waals surface area contributed by atoms with E-state index < -0.39 is 0 Å². The molecule has 1 N–H and O–H groups in total. The van der Waals surface area contributed by atoms with Gasteiger partial charge < -0.3 is 10.0 Å². The van der Waals surface area contributed by atoms with Gasteiger partial charge >= 0.3 is 0 Å². The Hall–Kier alpha value is -1.56. The molecule has 1 saturated heterocycles. The number of hydrogen-bond acceptors (Lipinski definition) is 5. The number of rotatable bonds is 6. The molecule has 2 heterocycles. The topological polar surface area (TPSA) is 52.5 Å². The molecular weight excluding hydrogens is 300 g/mol. The third-order valence-electron chi connectivity index (χ3n) is 4.94. The molecule has 2 aromatic rings. The third-order valence-corrected chi connectivity index (χ3v) is 4.94. The highest BCUT2D eigenvalue weighted by Crippen LogP contribution is 2.19. The fraction of sp³-hybridized carbons (Fsp3) is 0.579. The highest BCUT2D eigenvalue weighted by Gasteiger charge is 2.20. The minimum atomic E-state index is 0.267. The first-order chi connectivity index (χ1) is 11.7. The number of fused-ring (bicyclic) bond motifs is 1. The summed E-state index contributed by atoms with van der Waals surface area (Å²) in [5, 5.41) is 10.2. The van der Waals surface area contributed by atoms with Crippen molar-refractivity contribution in [1.29, 1.82) is 0 Å². The SMILES string of the molecule is Cc1nc(CN(C)CC2CCN(CCO)CC2)nc2ccccc12. The summed E-state index contributed by atoms with van der Waals surface area (Å²) < 4.78 is 0. The number of aliphatic hydroxyl groups is 1. The minimum absolute atomic E-state index is 0.267. The molecule has 24 heavy (non-hydrogen) atoms. The molecule has 0 radical (unpaired) electrons. The van der Waals surface area contributed by atoms with Gasteiger partial charge in [-0.1, -0.05) is 18.2 Å². The van der Waals surface area contributed by atoms with E-state index in [0.717, 1.165) is 61.1 Å². The Bertz CT molecular complexity index is 667. The first-order valence-electron chi connectivity index (χ1n) is 8.89. The van der Waals surface area contributed by atoms with E-state index in [1.807, 2.05) is 12.1 Å². The summed E-state index contributed by atoms with van der Waals surface area (Å²) in [6.07, 6.45) is 2.42. The Morgan fingerprint density at radius 3 is 2.71 bits per heavy atom. The van der Waals surface area contributed by atoms with Crippen molar-refractivity contribution in [2.24, 2.45) is 5.92 Å². The maximum absolute atomic E-state index is 9.03. The maximum Gasteiger partial charge on any atom is 0.143 e. The minimum Gasteiger partial charge on any atom is -0.395 e. The van der Waals surface area contributed by atoms with Crippen LogP contribution in [-0.4, -0.2) is 64.7 Å². The standard InChI is InChI=1S/C19H28N4O/c1-15-17-5-3-4-6-18(17)21-19(20-15)14-22(2)13-16-7-9-23(10-8-16)11-12-24/h3-6,16,24H,7-14H2,1-2H3. The van der Waals surface area contributed by atoms with Gasteiger partial charge in [-0.25, -0.2) is 9.97 Å². The monoisotopic (exact) mass is 328 g/mol. The van der Waals surface area contributed by atoms with Gasteiger partial charge in [0.2, 0.25) is 0 Å². The van der Waals surface area contributed by atoms with Crippen molar-refractivity contribution in [2.45, 2.75) is 26.3 Å². The van der Waals surface area contributed by atoms with Crippen molar-refractivity contribution in [1.82, 2.24) is 19.8 Å². The summed E-state index contributed by atoms with van der Waals surface area (Å²) in [7, 11) is 2.16. The number of aromatic nitrogens is 2. The van der Waals surface area contributed by atoms with Crippen molar-refractivity contribution in [2.75, 3.05) is 39.8 Å². The fourth-order valence-electron chi connectivity index (χ4n) is 3.65. The summed E-state index contributed by atoms with van der Waals surface area (Å²) in [5.41, 5.74) is 2.09. The average molecular weight is 328 g/mol. The molecule has 0 saturated carbocycles. The summed E-state index contributed by atoms with van der Waals surface area (Å²) in [4.78, 5) is 14.1. The van der Waals surface area contributed by atoms with Crippen molar-refractivity contribution < 1.29 is 5.11 Å². The Labute approximate surface area is 144 Å². The molecule has 5 heteroatoms. The summed E-state index contributed by atoms with van der Waals surface area (Å²) in [5.74, 6) is 1.64. The zero-order valence-electron chi connectivity index (χ0n) is 14.8. The number of likely N-dealkylation sites (tertiary alicyclic amines) is 1. The van der Waals surface area contributed by atoms with E-state index in [1.165, 1.54) is 12.8 Å². The number of para-hydroxylation sites is 1. The molecule has 0 unspecified atom stereocenters. The zero-order valence-corrected chi connectivity index (χ0v) is 14.8. The van der Waals surface area contributed by atoms with E-state index in [9.17, 15) is 0 Å². The van der Waals surface area contributed by atoms with Crippen molar-refractivity contribution >= 4 is 10.9 Å². The van der Waals surface area contributed by atoms with E-state index in [0.29, 0.717) is 0 Å². The molecule has 1 fully saturated rings. The fourth-order valence-corrected chi connectivity index (χ4v) is 3.65. The summed E-state index contributed by atoms with van der Waals surface area (Å²) in [6, 6.07) is 8.21. The second kappa shape index (κ2) is 8.01. The normalized spacial score (nSPS) is 17.0. The molecule has 3 rings (SSSR count). The van der Waals surface area contributed by atoms with Crippen LogP contribution in [0.5, 0.6) is 0 Å². The van der Waals surface area contributed by atoms with Gasteiger partial charge in [0.05, 0.1) is 18.7 Å². The summed E-state index contributed by atoms with van der Waals surface area (Å²) >= 11 is 0. The van der Waals surface area contributed by atoms with Gasteiger partial charge in [0.25, 0.3) is 0 Å². The van der Waals surface area contributed by atoms with Crippen molar-refractivity contribution in [3.05, 3.63) is 35.8 Å². The maximum atomic E-state index is 9.03. The molecule has 0 amide bonds. The number of nitrogens with zero attached hydrogens (tertiary/aromatic N) is 4. The Kier molecular flexibility index (Phi) is 5.76. The van der Waals surface area contributed by atoms with Crippen LogP contribution in [0, 0.1) is 12.8 Å². The van der Waals surface area contributed by atoms with Crippen molar-refractivity contribution in [3.63, 3.8) is 0 Å². The molecule has 0 aliphatic carbocycles. The smallest absolute Gasteiger partial charge is 0.143 e. The van der Waals surface area contributed by atoms with E-state index >= 15 is 0 Å². The molecule has 0 bridgehead atoms. The Morgan fingerprint density at radius 1 is 1.21 bits per heavy atom. The van der Waals surface area contributed by atoms with Gasteiger partial charge in [0.1, 0.15) is 5.82 Å². The number of aryl methyl sites for hydroxylation is 1. The average Bonchev–Trinajstić information content (AvgIpc) is 2.57. The Morgan fingerprint density at radius 2 is 1.96 bits per heavy atom. The van der Waals surface area contributed by atoms with Crippen LogP contribution in [0.25, 0.3) is 10.9 Å². The van der Waals surface area contributed by atoms with E-state index in [1.54, 1.807) is 0 Å². The lowest BCUT2D eigenvalue weighted by atomic mass is 9.96. The van der Waals surface area contributed by atoms with E-state index in [-0.39, 0.29) is 6.61 Å². The quantitative estimate of drug-likeness (QED) is 0.880.